The summed E-state index contributed by atoms with van der Waals surface area (Å²) in [7, 11) is 0. The van der Waals surface area contributed by atoms with Crippen LogP contribution in [0.2, 0.25) is 17.3 Å². The fraction of sp³-hybridized carbons (Fsp3) is 0.200. The minimum atomic E-state index is -1.83. The number of hydrogen-bond acceptors (Lipinski definition) is 4. The van der Waals surface area contributed by atoms with Crippen molar-refractivity contribution in [2.24, 2.45) is 0 Å². The van der Waals surface area contributed by atoms with E-state index in [1.807, 2.05) is 12.3 Å². The topological polar surface area (TPSA) is 59.4 Å². The van der Waals surface area contributed by atoms with E-state index in [0.717, 1.165) is 11.3 Å². The zero-order valence-corrected chi connectivity index (χ0v) is 13.9. The molecule has 0 bridgehead atoms. The number of carbonyl (C=O) groups is 1. The van der Waals surface area contributed by atoms with Gasteiger partial charge in [0, 0.05) is 0 Å². The van der Waals surface area contributed by atoms with E-state index in [0.29, 0.717) is 5.56 Å². The second kappa shape index (κ2) is 5.77. The van der Waals surface area contributed by atoms with E-state index < -0.39 is 19.2 Å². The van der Waals surface area contributed by atoms with Crippen molar-refractivity contribution in [3.05, 3.63) is 48.2 Å². The summed E-state index contributed by atoms with van der Waals surface area (Å²) in [6.45, 7) is 0. The maximum absolute atomic E-state index is 11.1. The molecule has 20 heavy (non-hydrogen) atoms. The molecular weight excluding hydrogens is 315 g/mol. The molecule has 0 spiro atoms. The van der Waals surface area contributed by atoms with Crippen molar-refractivity contribution in [1.82, 2.24) is 4.98 Å². The molecule has 5 heteroatoms. The van der Waals surface area contributed by atoms with Crippen molar-refractivity contribution in [2.45, 2.75) is 17.3 Å². The SMILES string of the molecule is [CH3][Ge]([CH3])([CH3])[c]1ccc(-c2ccc(C(=O)OO)cc2)nc1. The Balaban J connectivity index is 2.26. The Kier molecular flexibility index (Phi) is 4.25. The van der Waals surface area contributed by atoms with Gasteiger partial charge in [-0.1, -0.05) is 0 Å². The van der Waals surface area contributed by atoms with Crippen molar-refractivity contribution < 1.29 is 14.9 Å². The van der Waals surface area contributed by atoms with Crippen molar-refractivity contribution in [3.8, 4) is 11.3 Å². The van der Waals surface area contributed by atoms with Crippen LogP contribution in [0.5, 0.6) is 0 Å². The number of pyridine rings is 1. The third-order valence-electron chi connectivity index (χ3n) is 3.13. The zero-order chi connectivity index (χ0) is 14.8. The summed E-state index contributed by atoms with van der Waals surface area (Å²) < 4.78 is 1.36. The van der Waals surface area contributed by atoms with Gasteiger partial charge in [-0.15, -0.1) is 0 Å². The predicted octanol–water partition coefficient (Wildman–Crippen LogP) is 2.92. The van der Waals surface area contributed by atoms with Crippen LogP contribution in [0, 0.1) is 0 Å². The number of hydrogen-bond donors (Lipinski definition) is 1. The molecule has 104 valence electrons. The molecular formula is C15H17GeNO3. The summed E-state index contributed by atoms with van der Waals surface area (Å²) in [4.78, 5) is 19.3. The zero-order valence-electron chi connectivity index (χ0n) is 11.8. The Morgan fingerprint density at radius 1 is 1.10 bits per heavy atom. The molecule has 1 aromatic carbocycles. The molecule has 0 aliphatic rings. The molecule has 0 saturated heterocycles. The van der Waals surface area contributed by atoms with Gasteiger partial charge in [-0.25, -0.2) is 0 Å². The summed E-state index contributed by atoms with van der Waals surface area (Å²) in [5.74, 6) is 6.21. The molecule has 0 aliphatic carbocycles. The van der Waals surface area contributed by atoms with Gasteiger partial charge in [0.05, 0.1) is 0 Å². The van der Waals surface area contributed by atoms with Crippen LogP contribution in [0.15, 0.2) is 42.6 Å². The number of rotatable bonds is 3. The van der Waals surface area contributed by atoms with E-state index in [-0.39, 0.29) is 0 Å². The maximum atomic E-state index is 11.1. The van der Waals surface area contributed by atoms with Gasteiger partial charge in [-0.2, -0.15) is 0 Å². The Hall–Kier alpha value is -1.66. The van der Waals surface area contributed by atoms with Gasteiger partial charge in [-0.3, -0.25) is 0 Å². The Bertz CT molecular complexity index is 601. The van der Waals surface area contributed by atoms with Crippen LogP contribution < -0.4 is 4.40 Å². The first kappa shape index (κ1) is 14.7. The van der Waals surface area contributed by atoms with Gasteiger partial charge in [-0.05, 0) is 0 Å². The number of nitrogens with zero attached hydrogens (tertiary/aromatic N) is 1. The first-order valence-electron chi connectivity index (χ1n) is 6.34. The Labute approximate surface area is 120 Å². The normalized spacial score (nSPS) is 11.2. The van der Waals surface area contributed by atoms with Crippen LogP contribution in [0.25, 0.3) is 11.3 Å². The summed E-state index contributed by atoms with van der Waals surface area (Å²) in [6, 6.07) is 10.9. The van der Waals surface area contributed by atoms with Crippen molar-refractivity contribution in [1.29, 1.82) is 0 Å². The molecule has 0 atom stereocenters. The third-order valence-corrected chi connectivity index (χ3v) is 7.38. The summed E-state index contributed by atoms with van der Waals surface area (Å²) >= 11 is -1.83. The van der Waals surface area contributed by atoms with Gasteiger partial charge in [0.25, 0.3) is 0 Å². The van der Waals surface area contributed by atoms with E-state index in [9.17, 15) is 4.79 Å². The van der Waals surface area contributed by atoms with E-state index in [1.54, 1.807) is 24.3 Å². The fourth-order valence-corrected chi connectivity index (χ4v) is 4.01. The molecule has 4 nitrogen and oxygen atoms in total. The first-order chi connectivity index (χ1) is 9.41. The molecule has 2 rings (SSSR count). The predicted molar refractivity (Wildman–Crippen MR) is 80.7 cm³/mol. The van der Waals surface area contributed by atoms with Crippen LogP contribution in [0.1, 0.15) is 10.4 Å². The quantitative estimate of drug-likeness (QED) is 0.533. The standard InChI is InChI=1S/C15H17GeNO3/c1-16(2,3)13-8-9-14(17-10-13)11-4-6-12(7-5-11)15(18)20-19/h4-10,19H,1-3H3. The number of carbonyl (C=O) groups excluding carboxylic acids is 1. The van der Waals surface area contributed by atoms with Crippen LogP contribution in [-0.4, -0.2) is 29.5 Å². The van der Waals surface area contributed by atoms with Gasteiger partial charge < -0.3 is 0 Å². The van der Waals surface area contributed by atoms with Gasteiger partial charge in [0.1, 0.15) is 0 Å². The van der Waals surface area contributed by atoms with E-state index in [1.165, 1.54) is 4.40 Å². The van der Waals surface area contributed by atoms with E-state index in [2.05, 4.69) is 33.2 Å². The molecule has 0 amide bonds. The average Bonchev–Trinajstić information content (AvgIpc) is 2.46. The summed E-state index contributed by atoms with van der Waals surface area (Å²) in [5.41, 5.74) is 2.09. The van der Waals surface area contributed by atoms with Gasteiger partial charge in [0.15, 0.2) is 0 Å². The Morgan fingerprint density at radius 2 is 1.75 bits per heavy atom. The second-order valence-corrected chi connectivity index (χ2v) is 16.3. The molecule has 2 aromatic rings. The molecule has 1 aromatic heterocycles. The van der Waals surface area contributed by atoms with Crippen LogP contribution in [0.3, 0.4) is 0 Å². The minimum absolute atomic E-state index is 0.303. The van der Waals surface area contributed by atoms with Crippen molar-refractivity contribution in [2.75, 3.05) is 0 Å². The van der Waals surface area contributed by atoms with Crippen LogP contribution in [-0.2, 0) is 4.89 Å². The number of aromatic nitrogens is 1. The molecule has 0 fully saturated rings. The molecule has 0 radical (unpaired) electrons. The average molecular weight is 332 g/mol. The van der Waals surface area contributed by atoms with Crippen molar-refractivity contribution in [3.63, 3.8) is 0 Å². The van der Waals surface area contributed by atoms with Gasteiger partial charge in [0.2, 0.25) is 0 Å². The number of benzene rings is 1. The van der Waals surface area contributed by atoms with Crippen LogP contribution >= 0.6 is 0 Å². The van der Waals surface area contributed by atoms with Crippen molar-refractivity contribution >= 4 is 23.6 Å². The van der Waals surface area contributed by atoms with E-state index in [4.69, 9.17) is 5.26 Å². The van der Waals surface area contributed by atoms with Crippen LogP contribution in [0.4, 0.5) is 0 Å². The second-order valence-electron chi connectivity index (χ2n) is 5.64. The molecule has 1 heterocycles. The molecule has 1 N–H and O–H groups in total. The molecule has 0 saturated carbocycles. The van der Waals surface area contributed by atoms with E-state index >= 15 is 0 Å². The van der Waals surface area contributed by atoms with Gasteiger partial charge >= 0.3 is 120 Å². The summed E-state index contributed by atoms with van der Waals surface area (Å²) in [6.07, 6.45) is 1.95. The third kappa shape index (κ3) is 3.26. The molecule has 0 aliphatic heterocycles. The molecule has 0 unspecified atom stereocenters. The summed E-state index contributed by atoms with van der Waals surface area (Å²) in [5, 5.41) is 8.32. The fourth-order valence-electron chi connectivity index (χ4n) is 1.84. The monoisotopic (exact) mass is 333 g/mol. The Morgan fingerprint density at radius 3 is 2.20 bits per heavy atom. The first-order valence-corrected chi connectivity index (χ1v) is 13.7.